The summed E-state index contributed by atoms with van der Waals surface area (Å²) in [5.74, 6) is -0.176. The summed E-state index contributed by atoms with van der Waals surface area (Å²) in [6.45, 7) is 7.56. The van der Waals surface area contributed by atoms with Crippen LogP contribution in [0.2, 0.25) is 0 Å². The fourth-order valence-electron chi connectivity index (χ4n) is 4.71. The summed E-state index contributed by atoms with van der Waals surface area (Å²) in [7, 11) is 2.04. The van der Waals surface area contributed by atoms with Crippen molar-refractivity contribution < 1.29 is 4.79 Å². The minimum absolute atomic E-state index is 0.148. The molecule has 1 aliphatic rings. The van der Waals surface area contributed by atoms with Gasteiger partial charge in [0.15, 0.2) is 0 Å². The highest BCUT2D eigenvalue weighted by Gasteiger charge is 2.24. The van der Waals surface area contributed by atoms with Gasteiger partial charge in [-0.1, -0.05) is 45.1 Å². The lowest BCUT2D eigenvalue weighted by molar-refractivity contribution is 0.0661. The SMILES string of the molecule is CCCCCCCCn1c(=N)c(C(=O)N2CCN(C)CC2)cc2c(=O)n3cccc(C)c3nc21. The van der Waals surface area contributed by atoms with Crippen LogP contribution in [0.3, 0.4) is 0 Å². The van der Waals surface area contributed by atoms with Crippen LogP contribution in [-0.4, -0.2) is 62.9 Å². The van der Waals surface area contributed by atoms with Crippen molar-refractivity contribution in [3.8, 4) is 0 Å². The molecule has 0 bridgehead atoms. The lowest BCUT2D eigenvalue weighted by Gasteiger charge is -2.32. The summed E-state index contributed by atoms with van der Waals surface area (Å²) >= 11 is 0. The van der Waals surface area contributed by atoms with E-state index in [0.717, 1.165) is 37.9 Å². The first-order chi connectivity index (χ1) is 16.4. The van der Waals surface area contributed by atoms with Crippen LogP contribution in [0.5, 0.6) is 0 Å². The van der Waals surface area contributed by atoms with Gasteiger partial charge in [0.05, 0.1) is 10.9 Å². The van der Waals surface area contributed by atoms with Gasteiger partial charge >= 0.3 is 0 Å². The zero-order valence-corrected chi connectivity index (χ0v) is 20.6. The van der Waals surface area contributed by atoms with E-state index in [2.05, 4.69) is 11.8 Å². The van der Waals surface area contributed by atoms with Crippen LogP contribution in [0, 0.1) is 12.3 Å². The summed E-state index contributed by atoms with van der Waals surface area (Å²) in [6.07, 6.45) is 8.45. The van der Waals surface area contributed by atoms with Crippen molar-refractivity contribution in [2.45, 2.75) is 58.9 Å². The zero-order valence-electron chi connectivity index (χ0n) is 20.6. The van der Waals surface area contributed by atoms with Crippen molar-refractivity contribution in [1.82, 2.24) is 23.8 Å². The highest BCUT2D eigenvalue weighted by Crippen LogP contribution is 2.15. The first-order valence-electron chi connectivity index (χ1n) is 12.5. The second-order valence-corrected chi connectivity index (χ2v) is 9.46. The molecule has 0 saturated carbocycles. The fourth-order valence-corrected chi connectivity index (χ4v) is 4.71. The molecule has 4 heterocycles. The predicted molar refractivity (Wildman–Crippen MR) is 134 cm³/mol. The van der Waals surface area contributed by atoms with Crippen LogP contribution in [0.25, 0.3) is 16.7 Å². The number of nitrogens with one attached hydrogen (secondary N) is 1. The molecule has 0 unspecified atom stereocenters. The van der Waals surface area contributed by atoms with Crippen LogP contribution in [-0.2, 0) is 6.54 Å². The largest absolute Gasteiger partial charge is 0.336 e. The fraction of sp³-hybridized carbons (Fsp3) is 0.538. The van der Waals surface area contributed by atoms with Crippen molar-refractivity contribution in [2.24, 2.45) is 0 Å². The smallest absolute Gasteiger partial charge is 0.267 e. The number of aryl methyl sites for hydroxylation is 2. The van der Waals surface area contributed by atoms with E-state index >= 15 is 0 Å². The van der Waals surface area contributed by atoms with E-state index in [4.69, 9.17) is 10.4 Å². The maximum Gasteiger partial charge on any atom is 0.267 e. The molecule has 1 amide bonds. The lowest BCUT2D eigenvalue weighted by Crippen LogP contribution is -2.48. The first kappa shape index (κ1) is 24.1. The van der Waals surface area contributed by atoms with Gasteiger partial charge in [0.25, 0.3) is 11.5 Å². The van der Waals surface area contributed by atoms with Gasteiger partial charge in [0.2, 0.25) is 0 Å². The first-order valence-corrected chi connectivity index (χ1v) is 12.5. The summed E-state index contributed by atoms with van der Waals surface area (Å²) < 4.78 is 3.33. The molecule has 8 nitrogen and oxygen atoms in total. The van der Waals surface area contributed by atoms with Crippen molar-refractivity contribution in [3.63, 3.8) is 0 Å². The van der Waals surface area contributed by atoms with Gasteiger partial charge in [-0.05, 0) is 38.1 Å². The maximum atomic E-state index is 13.5. The Kier molecular flexibility index (Phi) is 7.46. The second-order valence-electron chi connectivity index (χ2n) is 9.46. The van der Waals surface area contributed by atoms with Crippen molar-refractivity contribution in [2.75, 3.05) is 33.2 Å². The Labute approximate surface area is 200 Å². The van der Waals surface area contributed by atoms with Crippen LogP contribution in [0.15, 0.2) is 29.2 Å². The highest BCUT2D eigenvalue weighted by molar-refractivity contribution is 5.97. The molecule has 1 aliphatic heterocycles. The Hall–Kier alpha value is -3.00. The summed E-state index contributed by atoms with van der Waals surface area (Å²) in [5.41, 5.74) is 2.22. The number of carbonyl (C=O) groups excluding carboxylic acids is 1. The average molecular weight is 465 g/mol. The van der Waals surface area contributed by atoms with E-state index < -0.39 is 0 Å². The summed E-state index contributed by atoms with van der Waals surface area (Å²) in [6, 6.07) is 5.36. The second kappa shape index (κ2) is 10.5. The summed E-state index contributed by atoms with van der Waals surface area (Å²) in [5, 5.41) is 9.34. The Balaban J connectivity index is 1.80. The number of rotatable bonds is 8. The van der Waals surface area contributed by atoms with Gasteiger partial charge in [-0.3, -0.25) is 19.4 Å². The van der Waals surface area contributed by atoms with E-state index in [0.29, 0.717) is 36.3 Å². The van der Waals surface area contributed by atoms with Crippen molar-refractivity contribution in [1.29, 1.82) is 5.41 Å². The van der Waals surface area contributed by atoms with Crippen LogP contribution in [0.4, 0.5) is 0 Å². The van der Waals surface area contributed by atoms with Crippen LogP contribution in [0.1, 0.15) is 61.4 Å². The van der Waals surface area contributed by atoms with Gasteiger partial charge < -0.3 is 14.4 Å². The van der Waals surface area contributed by atoms with E-state index in [1.54, 1.807) is 26.1 Å². The number of nitrogens with zero attached hydrogens (tertiary/aromatic N) is 5. The normalized spacial score (nSPS) is 14.9. The van der Waals surface area contributed by atoms with Crippen molar-refractivity contribution in [3.05, 3.63) is 51.4 Å². The zero-order chi connectivity index (χ0) is 24.2. The summed E-state index contributed by atoms with van der Waals surface area (Å²) in [4.78, 5) is 35.7. The molecule has 1 saturated heterocycles. The molecule has 0 spiro atoms. The van der Waals surface area contributed by atoms with E-state index in [1.807, 2.05) is 26.1 Å². The number of pyridine rings is 2. The van der Waals surface area contributed by atoms with E-state index in [9.17, 15) is 9.59 Å². The van der Waals surface area contributed by atoms with Gasteiger partial charge in [0.1, 0.15) is 16.8 Å². The maximum absolute atomic E-state index is 13.5. The molecule has 8 heteroatoms. The molecule has 0 aromatic carbocycles. The third-order valence-electron chi connectivity index (χ3n) is 6.89. The van der Waals surface area contributed by atoms with Gasteiger partial charge in [-0.2, -0.15) is 0 Å². The molecule has 0 radical (unpaired) electrons. The highest BCUT2D eigenvalue weighted by atomic mass is 16.2. The van der Waals surface area contributed by atoms with E-state index in [-0.39, 0.29) is 22.5 Å². The number of aromatic nitrogens is 3. The quantitative estimate of drug-likeness (QED) is 0.410. The van der Waals surface area contributed by atoms with Crippen molar-refractivity contribution >= 4 is 22.6 Å². The van der Waals surface area contributed by atoms with Crippen LogP contribution < -0.4 is 11.0 Å². The molecule has 3 aromatic rings. The Morgan fingerprint density at radius 1 is 1.06 bits per heavy atom. The molecule has 4 rings (SSSR count). The number of piperazine rings is 1. The Morgan fingerprint density at radius 3 is 2.50 bits per heavy atom. The third-order valence-corrected chi connectivity index (χ3v) is 6.89. The molecule has 0 aliphatic carbocycles. The predicted octanol–water partition coefficient (Wildman–Crippen LogP) is 3.19. The number of unbranched alkanes of at least 4 members (excludes halogenated alkanes) is 5. The average Bonchev–Trinajstić information content (AvgIpc) is 2.83. The number of amides is 1. The minimum atomic E-state index is -0.201. The molecular weight excluding hydrogens is 428 g/mol. The van der Waals surface area contributed by atoms with Gasteiger partial charge in [0, 0.05) is 38.9 Å². The Bertz CT molecular complexity index is 1300. The van der Waals surface area contributed by atoms with Gasteiger partial charge in [-0.25, -0.2) is 4.98 Å². The number of likely N-dealkylation sites (N-methyl/N-ethyl adjacent to an activating group) is 1. The molecule has 0 atom stereocenters. The number of carbonyl (C=O) groups is 1. The van der Waals surface area contributed by atoms with Gasteiger partial charge in [-0.15, -0.1) is 0 Å². The molecular formula is C26H36N6O2. The molecule has 34 heavy (non-hydrogen) atoms. The molecule has 3 aromatic heterocycles. The topological polar surface area (TPSA) is 86.7 Å². The molecule has 1 N–H and O–H groups in total. The van der Waals surface area contributed by atoms with Crippen LogP contribution >= 0.6 is 0 Å². The number of hydrogen-bond acceptors (Lipinski definition) is 5. The minimum Gasteiger partial charge on any atom is -0.336 e. The number of fused-ring (bicyclic) bond motifs is 2. The molecule has 182 valence electrons. The monoisotopic (exact) mass is 464 g/mol. The Morgan fingerprint density at radius 2 is 1.76 bits per heavy atom. The third kappa shape index (κ3) is 4.78. The lowest BCUT2D eigenvalue weighted by atomic mass is 10.1. The molecule has 1 fully saturated rings. The number of hydrogen-bond donors (Lipinski definition) is 1. The standard InChI is InChI=1S/C26H36N6O2/c1-4-5-6-7-8-9-12-31-22(27)20(25(33)30-16-14-29(3)15-17-30)18-21-24(31)28-23-19(2)11-10-13-32(23)26(21)34/h10-11,13,18,27H,4-9,12,14-17H2,1-3H3. The van der Waals surface area contributed by atoms with E-state index in [1.165, 1.54) is 19.3 Å².